The van der Waals surface area contributed by atoms with Crippen molar-refractivity contribution in [3.05, 3.63) is 95.5 Å². The quantitative estimate of drug-likeness (QED) is 0.746. The molecule has 2 aromatic carbocycles. The Balaban J connectivity index is 1.53. The topological polar surface area (TPSA) is 59.8 Å². The molecule has 0 fully saturated rings. The number of hydrogen-bond donors (Lipinski definition) is 1. The van der Waals surface area contributed by atoms with Crippen molar-refractivity contribution < 1.29 is 4.79 Å². The third kappa shape index (κ3) is 2.95. The van der Waals surface area contributed by atoms with E-state index in [2.05, 4.69) is 27.5 Å². The van der Waals surface area contributed by atoms with Crippen molar-refractivity contribution in [3.63, 3.8) is 0 Å². The van der Waals surface area contributed by atoms with E-state index in [1.807, 2.05) is 60.7 Å². The summed E-state index contributed by atoms with van der Waals surface area (Å²) < 4.78 is 1.79. The van der Waals surface area contributed by atoms with Crippen LogP contribution in [0.4, 0.5) is 5.95 Å². The van der Waals surface area contributed by atoms with E-state index in [-0.39, 0.29) is 17.7 Å². The molecule has 138 valence electrons. The summed E-state index contributed by atoms with van der Waals surface area (Å²) in [6.45, 7) is 0. The molecule has 5 rings (SSSR count). The number of nitrogens with zero attached hydrogens (tertiary/aromatic N) is 3. The Bertz CT molecular complexity index is 1070. The highest BCUT2D eigenvalue weighted by Gasteiger charge is 2.37. The van der Waals surface area contributed by atoms with E-state index in [9.17, 15) is 4.79 Å². The van der Waals surface area contributed by atoms with Gasteiger partial charge < -0.3 is 5.32 Å². The van der Waals surface area contributed by atoms with E-state index in [0.29, 0.717) is 12.4 Å². The number of fused-ring (bicyclic) bond motifs is 1. The van der Waals surface area contributed by atoms with Crippen LogP contribution < -0.4 is 5.32 Å². The first-order valence-electron chi connectivity index (χ1n) is 9.50. The second-order valence-electron chi connectivity index (χ2n) is 7.20. The number of aromatic nitrogens is 3. The number of rotatable bonds is 3. The van der Waals surface area contributed by atoms with Gasteiger partial charge in [0.2, 0.25) is 5.95 Å². The average Bonchev–Trinajstić information content (AvgIpc) is 3.21. The van der Waals surface area contributed by atoms with Crippen LogP contribution in [-0.4, -0.2) is 20.5 Å². The smallest absolute Gasteiger partial charge is 0.226 e. The van der Waals surface area contributed by atoms with Crippen molar-refractivity contribution in [2.75, 3.05) is 5.32 Å². The predicted molar refractivity (Wildman–Crippen MR) is 109 cm³/mol. The van der Waals surface area contributed by atoms with Gasteiger partial charge in [-0.3, -0.25) is 4.79 Å². The highest BCUT2D eigenvalue weighted by atomic mass is 16.1. The zero-order valence-corrected chi connectivity index (χ0v) is 15.3. The van der Waals surface area contributed by atoms with Crippen LogP contribution in [0.2, 0.25) is 0 Å². The first kappa shape index (κ1) is 16.7. The molecule has 2 atom stereocenters. The minimum atomic E-state index is -0.238. The fourth-order valence-corrected chi connectivity index (χ4v) is 4.10. The van der Waals surface area contributed by atoms with E-state index in [1.165, 1.54) is 11.9 Å². The lowest BCUT2D eigenvalue weighted by Crippen LogP contribution is -2.32. The maximum absolute atomic E-state index is 13.2. The Labute approximate surface area is 163 Å². The van der Waals surface area contributed by atoms with Crippen molar-refractivity contribution in [3.8, 4) is 0 Å². The number of carbonyl (C=O) groups is 1. The van der Waals surface area contributed by atoms with Crippen LogP contribution in [0.15, 0.2) is 84.3 Å². The summed E-state index contributed by atoms with van der Waals surface area (Å²) in [6, 6.07) is 20.1. The monoisotopic (exact) mass is 368 g/mol. The molecule has 3 aromatic rings. The molecule has 2 aliphatic rings. The van der Waals surface area contributed by atoms with Crippen LogP contribution in [0.5, 0.6) is 0 Å². The Hall–Kier alpha value is -3.47. The second kappa shape index (κ2) is 6.93. The van der Waals surface area contributed by atoms with Crippen molar-refractivity contribution in [2.24, 2.45) is 0 Å². The van der Waals surface area contributed by atoms with Crippen LogP contribution >= 0.6 is 0 Å². The Morgan fingerprint density at radius 3 is 2.54 bits per heavy atom. The molecule has 0 radical (unpaired) electrons. The van der Waals surface area contributed by atoms with E-state index in [0.717, 1.165) is 23.3 Å². The van der Waals surface area contributed by atoms with Crippen LogP contribution in [0.1, 0.15) is 35.9 Å². The molecule has 1 aliphatic carbocycles. The molecule has 0 saturated heterocycles. The Kier molecular flexibility index (Phi) is 4.13. The molecular weight excluding hydrogens is 348 g/mol. The largest absolute Gasteiger partial charge is 0.328 e. The number of nitrogens with one attached hydrogen (secondary N) is 1. The first-order chi connectivity index (χ1) is 13.8. The highest BCUT2D eigenvalue weighted by molar-refractivity contribution is 6.00. The van der Waals surface area contributed by atoms with Crippen molar-refractivity contribution in [1.82, 2.24) is 14.8 Å². The second-order valence-corrected chi connectivity index (χ2v) is 7.20. The molecule has 1 N–H and O–H groups in total. The number of hydrogen-bond acceptors (Lipinski definition) is 4. The Morgan fingerprint density at radius 2 is 1.75 bits per heavy atom. The summed E-state index contributed by atoms with van der Waals surface area (Å²) in [5.41, 5.74) is 4.06. The number of Topliss-reactive ketones (excluding diaryl/α,β-unsaturated/α-hetero) is 1. The van der Waals surface area contributed by atoms with Crippen LogP contribution in [0.3, 0.4) is 0 Å². The number of allylic oxidation sites excluding steroid dienone is 3. The van der Waals surface area contributed by atoms with Crippen LogP contribution in [-0.2, 0) is 4.79 Å². The number of ketones is 1. The van der Waals surface area contributed by atoms with Crippen LogP contribution in [0, 0.1) is 0 Å². The maximum Gasteiger partial charge on any atom is 0.226 e. The van der Waals surface area contributed by atoms with Gasteiger partial charge in [0.1, 0.15) is 12.4 Å². The molecule has 28 heavy (non-hydrogen) atoms. The minimum Gasteiger partial charge on any atom is -0.328 e. The van der Waals surface area contributed by atoms with Crippen LogP contribution in [0.25, 0.3) is 6.08 Å². The molecule has 0 amide bonds. The summed E-state index contributed by atoms with van der Waals surface area (Å²) >= 11 is 0. The zero-order valence-electron chi connectivity index (χ0n) is 15.3. The molecule has 1 aromatic heterocycles. The molecule has 2 heterocycles. The lowest BCUT2D eigenvalue weighted by Gasteiger charge is -2.33. The van der Waals surface area contributed by atoms with Gasteiger partial charge in [0.15, 0.2) is 5.78 Å². The highest BCUT2D eigenvalue weighted by Crippen LogP contribution is 2.42. The van der Waals surface area contributed by atoms with Gasteiger partial charge in [-0.1, -0.05) is 72.8 Å². The van der Waals surface area contributed by atoms with Crippen molar-refractivity contribution >= 4 is 17.8 Å². The van der Waals surface area contributed by atoms with Crippen molar-refractivity contribution in [2.45, 2.75) is 24.8 Å². The van der Waals surface area contributed by atoms with Gasteiger partial charge in [-0.05, 0) is 23.5 Å². The maximum atomic E-state index is 13.2. The van der Waals surface area contributed by atoms with Gasteiger partial charge in [0, 0.05) is 17.7 Å². The van der Waals surface area contributed by atoms with E-state index in [1.54, 1.807) is 4.68 Å². The fourth-order valence-electron chi connectivity index (χ4n) is 4.10. The molecule has 0 spiro atoms. The van der Waals surface area contributed by atoms with Gasteiger partial charge in [-0.15, -0.1) is 0 Å². The minimum absolute atomic E-state index is 0.173. The van der Waals surface area contributed by atoms with Gasteiger partial charge in [0.05, 0.1) is 0 Å². The van der Waals surface area contributed by atoms with E-state index in [4.69, 9.17) is 0 Å². The van der Waals surface area contributed by atoms with E-state index < -0.39 is 0 Å². The number of carbonyl (C=O) groups excluding carboxylic acids is 1. The molecule has 1 aliphatic heterocycles. The SMILES string of the molecule is O=C1C[C@@H](c2ccccc2)CC2=C1[C@@H](/C=C/c1ccccc1)n1ncnc1N2. The molecule has 5 heteroatoms. The summed E-state index contributed by atoms with van der Waals surface area (Å²) in [5, 5.41) is 7.71. The van der Waals surface area contributed by atoms with Gasteiger partial charge >= 0.3 is 0 Å². The summed E-state index contributed by atoms with van der Waals surface area (Å²) in [4.78, 5) is 17.5. The van der Waals surface area contributed by atoms with E-state index >= 15 is 0 Å². The number of benzene rings is 2. The predicted octanol–water partition coefficient (Wildman–Crippen LogP) is 4.36. The van der Waals surface area contributed by atoms with Crippen molar-refractivity contribution in [1.29, 1.82) is 0 Å². The standard InChI is InChI=1S/C23H20N4O/c28-21-14-18(17-9-5-2-6-10-17)13-19-22(21)20(27-23(26-19)24-15-25-27)12-11-16-7-3-1-4-8-16/h1-12,15,18,20H,13-14H2,(H,24,25,26)/b12-11+/t18-,20+/m0/s1. The summed E-state index contributed by atoms with van der Waals surface area (Å²) in [7, 11) is 0. The summed E-state index contributed by atoms with van der Waals surface area (Å²) in [6.07, 6.45) is 6.94. The zero-order chi connectivity index (χ0) is 18.9. The average molecular weight is 368 g/mol. The molecule has 0 bridgehead atoms. The van der Waals surface area contributed by atoms with Gasteiger partial charge in [-0.2, -0.15) is 10.1 Å². The fraction of sp³-hybridized carbons (Fsp3) is 0.174. The molecule has 0 saturated carbocycles. The Morgan fingerprint density at radius 1 is 1.00 bits per heavy atom. The summed E-state index contributed by atoms with van der Waals surface area (Å²) in [5.74, 6) is 1.04. The third-order valence-corrected chi connectivity index (χ3v) is 5.44. The molecule has 5 nitrogen and oxygen atoms in total. The molecular formula is C23H20N4O. The lowest BCUT2D eigenvalue weighted by molar-refractivity contribution is -0.116. The van der Waals surface area contributed by atoms with Gasteiger partial charge in [-0.25, -0.2) is 4.68 Å². The van der Waals surface area contributed by atoms with Gasteiger partial charge in [0.25, 0.3) is 0 Å². The first-order valence-corrected chi connectivity index (χ1v) is 9.50. The normalized spacial score (nSPS) is 21.4. The number of anilines is 1. The third-order valence-electron chi connectivity index (χ3n) is 5.44. The molecule has 0 unspecified atom stereocenters. The lowest BCUT2D eigenvalue weighted by atomic mass is 9.79.